The van der Waals surface area contributed by atoms with E-state index in [1.165, 1.54) is 18.3 Å². The van der Waals surface area contributed by atoms with Crippen molar-refractivity contribution in [3.05, 3.63) is 109 Å². The number of aliphatic imine (C=N–C) groups is 1. The normalized spacial score (nSPS) is 15.0. The first kappa shape index (κ1) is 25.3. The highest BCUT2D eigenvalue weighted by Gasteiger charge is 2.25. The van der Waals surface area contributed by atoms with Crippen LogP contribution in [0.1, 0.15) is 40.2 Å². The van der Waals surface area contributed by atoms with Crippen LogP contribution in [0.25, 0.3) is 10.8 Å². The van der Waals surface area contributed by atoms with Gasteiger partial charge in [-0.3, -0.25) is 19.9 Å². The van der Waals surface area contributed by atoms with Crippen molar-refractivity contribution >= 4 is 39.9 Å². The van der Waals surface area contributed by atoms with E-state index >= 15 is 0 Å². The van der Waals surface area contributed by atoms with E-state index in [0.717, 1.165) is 27.8 Å². The summed E-state index contributed by atoms with van der Waals surface area (Å²) in [5.74, 6) is -0.839. The van der Waals surface area contributed by atoms with E-state index in [4.69, 9.17) is 5.73 Å². The van der Waals surface area contributed by atoms with Crippen molar-refractivity contribution < 1.29 is 14.7 Å². The second kappa shape index (κ2) is 10.9. The molecule has 0 spiro atoms. The molecule has 2 atom stereocenters. The van der Waals surface area contributed by atoms with Gasteiger partial charge in [0.1, 0.15) is 11.9 Å². The molecule has 10 nitrogen and oxygen atoms in total. The van der Waals surface area contributed by atoms with E-state index in [1.807, 2.05) is 42.6 Å². The maximum absolute atomic E-state index is 13.3. The fourth-order valence-corrected chi connectivity index (χ4v) is 4.39. The molecule has 10 heteroatoms. The number of fused-ring (bicyclic) bond motifs is 2. The maximum atomic E-state index is 13.3. The van der Waals surface area contributed by atoms with E-state index in [0.29, 0.717) is 11.1 Å². The first-order valence-electron chi connectivity index (χ1n) is 12.3. The van der Waals surface area contributed by atoms with Gasteiger partial charge in [0, 0.05) is 23.3 Å². The average Bonchev–Trinajstić information content (AvgIpc) is 3.36. The average molecular weight is 522 g/mol. The van der Waals surface area contributed by atoms with Crippen molar-refractivity contribution in [3.8, 4) is 5.75 Å². The second-order valence-electron chi connectivity index (χ2n) is 9.01. The van der Waals surface area contributed by atoms with Gasteiger partial charge in [0.15, 0.2) is 5.96 Å². The third-order valence-electron chi connectivity index (χ3n) is 6.32. The zero-order valence-corrected chi connectivity index (χ0v) is 20.9. The maximum Gasteiger partial charge on any atom is 0.251 e. The number of amides is 2. The highest BCUT2D eigenvalue weighted by atomic mass is 16.3. The molecule has 39 heavy (non-hydrogen) atoms. The summed E-state index contributed by atoms with van der Waals surface area (Å²) in [6.07, 6.45) is 2.70. The molecular weight excluding hydrogens is 494 g/mol. The van der Waals surface area contributed by atoms with Crippen LogP contribution < -0.4 is 27.0 Å². The predicted octanol–water partition coefficient (Wildman–Crippen LogP) is 3.91. The Balaban J connectivity index is 1.32. The summed E-state index contributed by atoms with van der Waals surface area (Å²) in [6.45, 7) is 3.44. The summed E-state index contributed by atoms with van der Waals surface area (Å²) in [4.78, 5) is 34.2. The number of pyridine rings is 1. The minimum atomic E-state index is -0.691. The molecule has 0 radical (unpaired) electrons. The summed E-state index contributed by atoms with van der Waals surface area (Å²) >= 11 is 0. The number of anilines is 2. The lowest BCUT2D eigenvalue weighted by atomic mass is 10.0. The van der Waals surface area contributed by atoms with Crippen LogP contribution in [0.5, 0.6) is 5.75 Å². The number of hydrogen-bond donors (Lipinski definition) is 6. The van der Waals surface area contributed by atoms with Gasteiger partial charge in [0.25, 0.3) is 5.91 Å². The zero-order chi connectivity index (χ0) is 27.4. The van der Waals surface area contributed by atoms with Gasteiger partial charge >= 0.3 is 0 Å². The van der Waals surface area contributed by atoms with Crippen LogP contribution in [0.2, 0.25) is 0 Å². The van der Waals surface area contributed by atoms with Crippen molar-refractivity contribution in [2.45, 2.75) is 18.6 Å². The van der Waals surface area contributed by atoms with E-state index in [1.54, 1.807) is 24.3 Å². The Labute approximate surface area is 224 Å². The first-order valence-corrected chi connectivity index (χ1v) is 12.3. The van der Waals surface area contributed by atoms with Crippen molar-refractivity contribution in [2.75, 3.05) is 10.6 Å². The van der Waals surface area contributed by atoms with Gasteiger partial charge in [-0.1, -0.05) is 43.0 Å². The monoisotopic (exact) mass is 521 g/mol. The van der Waals surface area contributed by atoms with Gasteiger partial charge < -0.3 is 26.8 Å². The van der Waals surface area contributed by atoms with E-state index < -0.39 is 11.9 Å². The highest BCUT2D eigenvalue weighted by molar-refractivity contribution is 5.99. The van der Waals surface area contributed by atoms with Crippen molar-refractivity contribution in [1.29, 1.82) is 0 Å². The molecule has 3 aromatic carbocycles. The lowest BCUT2D eigenvalue weighted by molar-refractivity contribution is -0.120. The number of guanidine groups is 1. The zero-order valence-electron chi connectivity index (χ0n) is 20.9. The number of nitrogens with zero attached hydrogens (tertiary/aromatic N) is 2. The Morgan fingerprint density at radius 3 is 2.56 bits per heavy atom. The fourth-order valence-electron chi connectivity index (χ4n) is 4.39. The van der Waals surface area contributed by atoms with Crippen LogP contribution in [0.4, 0.5) is 11.4 Å². The number of aromatic hydroxyl groups is 1. The van der Waals surface area contributed by atoms with Crippen molar-refractivity contribution in [1.82, 2.24) is 15.6 Å². The molecule has 0 saturated heterocycles. The molecular formula is C29H27N7O3. The molecule has 0 saturated carbocycles. The Kier molecular flexibility index (Phi) is 7.09. The SMILES string of the molecule is C=CN=C(N)NC(=O)CC(NC(=O)c1ccc2c(c1)NC(c1cc3ccccc3cn1)N2)c1ccc(O)cc1. The van der Waals surface area contributed by atoms with Crippen LogP contribution in [-0.4, -0.2) is 27.9 Å². The Morgan fingerprint density at radius 2 is 1.79 bits per heavy atom. The van der Waals surface area contributed by atoms with Crippen molar-refractivity contribution in [2.24, 2.45) is 10.7 Å². The van der Waals surface area contributed by atoms with Gasteiger partial charge in [0.05, 0.1) is 29.5 Å². The molecule has 2 heterocycles. The highest BCUT2D eigenvalue weighted by Crippen LogP contribution is 2.36. The van der Waals surface area contributed by atoms with Gasteiger partial charge in [0.2, 0.25) is 5.91 Å². The second-order valence-corrected chi connectivity index (χ2v) is 9.01. The molecule has 5 rings (SSSR count). The Hall–Kier alpha value is -5.38. The fraction of sp³-hybridized carbons (Fsp3) is 0.103. The number of hydrogen-bond acceptors (Lipinski definition) is 7. The number of carbonyl (C=O) groups excluding carboxylic acids is 2. The molecule has 2 amide bonds. The largest absolute Gasteiger partial charge is 0.508 e. The Morgan fingerprint density at radius 1 is 1.05 bits per heavy atom. The van der Waals surface area contributed by atoms with Crippen LogP contribution in [0.3, 0.4) is 0 Å². The summed E-state index contributed by atoms with van der Waals surface area (Å²) in [6, 6.07) is 20.9. The number of phenolic OH excluding ortho intramolecular Hbond substituents is 1. The van der Waals surface area contributed by atoms with E-state index in [-0.39, 0.29) is 30.2 Å². The smallest absolute Gasteiger partial charge is 0.251 e. The lowest BCUT2D eigenvalue weighted by Gasteiger charge is -2.19. The number of nitrogens with two attached hydrogens (primary N) is 1. The van der Waals surface area contributed by atoms with Gasteiger partial charge in [-0.2, -0.15) is 0 Å². The number of benzene rings is 3. The minimum Gasteiger partial charge on any atom is -0.508 e. The molecule has 0 bridgehead atoms. The molecule has 4 aromatic rings. The molecule has 0 fully saturated rings. The topological polar surface area (TPSA) is 154 Å². The van der Waals surface area contributed by atoms with Gasteiger partial charge in [-0.15, -0.1) is 0 Å². The third kappa shape index (κ3) is 5.80. The number of aromatic nitrogens is 1. The molecule has 0 aliphatic carbocycles. The third-order valence-corrected chi connectivity index (χ3v) is 6.32. The summed E-state index contributed by atoms with van der Waals surface area (Å²) in [7, 11) is 0. The van der Waals surface area contributed by atoms with Crippen molar-refractivity contribution in [3.63, 3.8) is 0 Å². The van der Waals surface area contributed by atoms with E-state index in [2.05, 4.69) is 37.8 Å². The quantitative estimate of drug-likeness (QED) is 0.159. The molecule has 1 aliphatic heterocycles. The van der Waals surface area contributed by atoms with Gasteiger partial charge in [-0.25, -0.2) is 4.99 Å². The number of phenols is 1. The molecule has 1 aromatic heterocycles. The molecule has 2 unspecified atom stereocenters. The molecule has 7 N–H and O–H groups in total. The lowest BCUT2D eigenvalue weighted by Crippen LogP contribution is -2.39. The predicted molar refractivity (Wildman–Crippen MR) is 151 cm³/mol. The molecule has 196 valence electrons. The van der Waals surface area contributed by atoms with E-state index in [9.17, 15) is 14.7 Å². The van der Waals surface area contributed by atoms with Gasteiger partial charge in [-0.05, 0) is 47.3 Å². The van der Waals surface area contributed by atoms with Crippen LogP contribution in [0.15, 0.2) is 96.8 Å². The number of nitrogens with one attached hydrogen (secondary N) is 4. The molecule has 1 aliphatic rings. The van der Waals surface area contributed by atoms with Crippen LogP contribution in [-0.2, 0) is 4.79 Å². The summed E-state index contributed by atoms with van der Waals surface area (Å²) in [5, 5.41) is 24.0. The standard InChI is InChI=1S/C29H27N7O3/c1-2-31-29(30)36-26(38)15-23(17-7-10-21(37)11-8-17)35-28(39)19-9-12-22-24(14-19)34-27(33-22)25-13-18-5-3-4-6-20(18)16-32-25/h2-14,16,23,27,33-34,37H,1,15H2,(H,35,39)(H3,30,31,36,38). The minimum absolute atomic E-state index is 0.0725. The summed E-state index contributed by atoms with van der Waals surface area (Å²) < 4.78 is 0. The first-order chi connectivity index (χ1) is 18.9. The number of carbonyl (C=O) groups is 2. The van der Waals surface area contributed by atoms with Crippen LogP contribution in [0, 0.1) is 0 Å². The number of rotatable bonds is 7. The summed E-state index contributed by atoms with van der Waals surface area (Å²) in [5.41, 5.74) is 9.13. The Bertz CT molecular complexity index is 1580. The van der Waals surface area contributed by atoms with Crippen LogP contribution >= 0.6 is 0 Å².